The second kappa shape index (κ2) is 8.81. The Balaban J connectivity index is 2.78. The van der Waals surface area contributed by atoms with E-state index in [-0.39, 0.29) is 17.9 Å². The fourth-order valence-electron chi connectivity index (χ4n) is 2.16. The maximum Gasteiger partial charge on any atom is 0.340 e. The van der Waals surface area contributed by atoms with Crippen LogP contribution >= 0.6 is 0 Å². The first-order valence-electron chi connectivity index (χ1n) is 7.84. The zero-order chi connectivity index (χ0) is 20.0. The van der Waals surface area contributed by atoms with Gasteiger partial charge in [-0.15, -0.1) is 0 Å². The van der Waals surface area contributed by atoms with Crippen LogP contribution in [0.2, 0.25) is 0 Å². The molecular formula is C16H20F4N2O4. The fraction of sp³-hybridized carbons (Fsp3) is 0.562. The number of carbonyl (C=O) groups is 2. The number of aromatic nitrogens is 1. The third-order valence-electron chi connectivity index (χ3n) is 3.95. The van der Waals surface area contributed by atoms with E-state index in [2.05, 4.69) is 15.0 Å². The smallest absolute Gasteiger partial charge is 0.340 e. The number of halogens is 4. The molecule has 2 N–H and O–H groups in total. The van der Waals surface area contributed by atoms with Crippen molar-refractivity contribution >= 4 is 11.9 Å². The molecule has 0 fully saturated rings. The first-order valence-corrected chi connectivity index (χ1v) is 7.84. The summed E-state index contributed by atoms with van der Waals surface area (Å²) in [5.41, 5.74) is -0.883. The zero-order valence-corrected chi connectivity index (χ0v) is 14.3. The van der Waals surface area contributed by atoms with Gasteiger partial charge in [-0.1, -0.05) is 13.8 Å². The molecule has 26 heavy (non-hydrogen) atoms. The molecule has 0 unspecified atom stereocenters. The third kappa shape index (κ3) is 5.85. The maximum absolute atomic E-state index is 12.8. The van der Waals surface area contributed by atoms with Crippen molar-refractivity contribution in [2.45, 2.75) is 51.0 Å². The van der Waals surface area contributed by atoms with E-state index in [1.807, 2.05) is 0 Å². The number of carboxylic acids is 1. The fourth-order valence-corrected chi connectivity index (χ4v) is 2.16. The summed E-state index contributed by atoms with van der Waals surface area (Å²) in [4.78, 5) is 26.9. The molecule has 1 aromatic rings. The van der Waals surface area contributed by atoms with Crippen LogP contribution in [0, 0.1) is 0 Å². The normalized spacial score (nSPS) is 12.1. The number of carbonyl (C=O) groups excluding carboxylic acids is 1. The maximum atomic E-state index is 12.8. The number of aliphatic carboxylic acids is 1. The molecule has 1 heterocycles. The summed E-state index contributed by atoms with van der Waals surface area (Å²) in [5, 5.41) is 11.6. The quantitative estimate of drug-likeness (QED) is 0.609. The second-order valence-electron chi connectivity index (χ2n) is 5.75. The highest BCUT2D eigenvalue weighted by molar-refractivity contribution is 5.94. The zero-order valence-electron chi connectivity index (χ0n) is 14.3. The van der Waals surface area contributed by atoms with Crippen LogP contribution in [0.25, 0.3) is 0 Å². The van der Waals surface area contributed by atoms with E-state index in [9.17, 15) is 27.2 Å². The van der Waals surface area contributed by atoms with Gasteiger partial charge < -0.3 is 15.2 Å². The molecule has 6 nitrogen and oxygen atoms in total. The molecule has 0 bridgehead atoms. The van der Waals surface area contributed by atoms with Crippen molar-refractivity contribution < 1.29 is 37.0 Å². The van der Waals surface area contributed by atoms with Crippen LogP contribution in [0.15, 0.2) is 18.3 Å². The van der Waals surface area contributed by atoms with Crippen molar-refractivity contribution in [1.82, 2.24) is 10.3 Å². The van der Waals surface area contributed by atoms with E-state index in [0.717, 1.165) is 12.3 Å². The summed E-state index contributed by atoms with van der Waals surface area (Å²) in [6.45, 7) is 1.94. The first kappa shape index (κ1) is 21.7. The van der Waals surface area contributed by atoms with Gasteiger partial charge in [0.2, 0.25) is 5.88 Å². The molecule has 0 aliphatic rings. The summed E-state index contributed by atoms with van der Waals surface area (Å²) in [6.07, 6.45) is -2.32. The van der Waals surface area contributed by atoms with Crippen LogP contribution in [0.1, 0.15) is 43.5 Å². The molecule has 0 aliphatic carbocycles. The minimum absolute atomic E-state index is 0.0506. The lowest BCUT2D eigenvalue weighted by molar-refractivity contribution is -0.148. The summed E-state index contributed by atoms with van der Waals surface area (Å²) in [5.74, 6) is -6.30. The molecule has 0 atom stereocenters. The van der Waals surface area contributed by atoms with Crippen molar-refractivity contribution in [1.29, 1.82) is 0 Å². The topological polar surface area (TPSA) is 88.5 Å². The molecule has 0 aromatic carbocycles. The van der Waals surface area contributed by atoms with Gasteiger partial charge in [0, 0.05) is 12.3 Å². The third-order valence-corrected chi connectivity index (χ3v) is 3.95. The molecule has 1 rings (SSSR count). The number of ether oxygens (including phenoxy) is 1. The number of amides is 1. The number of hydrogen-bond donors (Lipinski definition) is 2. The highest BCUT2D eigenvalue weighted by Crippen LogP contribution is 2.24. The number of hydrogen-bond acceptors (Lipinski definition) is 4. The van der Waals surface area contributed by atoms with Crippen LogP contribution < -0.4 is 10.1 Å². The number of nitrogens with zero attached hydrogens (tertiary/aromatic N) is 1. The first-order chi connectivity index (χ1) is 12.0. The Hall–Kier alpha value is -2.39. The molecule has 1 aromatic heterocycles. The Bertz CT molecular complexity index is 619. The lowest BCUT2D eigenvalue weighted by Gasteiger charge is -2.31. The molecular weight excluding hydrogens is 360 g/mol. The van der Waals surface area contributed by atoms with Gasteiger partial charge in [-0.25, -0.2) is 13.8 Å². The molecule has 0 radical (unpaired) electrons. The van der Waals surface area contributed by atoms with E-state index < -0.39 is 36.4 Å². The molecule has 0 saturated carbocycles. The van der Waals surface area contributed by atoms with Gasteiger partial charge in [0.05, 0.1) is 17.5 Å². The van der Waals surface area contributed by atoms with Gasteiger partial charge in [0.1, 0.15) is 0 Å². The molecule has 0 spiro atoms. The van der Waals surface area contributed by atoms with Crippen molar-refractivity contribution in [2.75, 3.05) is 6.61 Å². The summed E-state index contributed by atoms with van der Waals surface area (Å²) in [7, 11) is 0. The van der Waals surface area contributed by atoms with Gasteiger partial charge in [-0.2, -0.15) is 8.78 Å². The van der Waals surface area contributed by atoms with Crippen LogP contribution in [-0.2, 0) is 4.79 Å². The van der Waals surface area contributed by atoms with E-state index in [4.69, 9.17) is 5.11 Å². The van der Waals surface area contributed by atoms with Crippen LogP contribution in [0.3, 0.4) is 0 Å². The van der Waals surface area contributed by atoms with Gasteiger partial charge >= 0.3 is 18.3 Å². The predicted octanol–water partition coefficient (Wildman–Crippen LogP) is 3.12. The van der Waals surface area contributed by atoms with Gasteiger partial charge in [0.25, 0.3) is 5.91 Å². The Morgan fingerprint density at radius 3 is 2.31 bits per heavy atom. The molecule has 1 amide bonds. The average molecular weight is 380 g/mol. The molecule has 0 aliphatic heterocycles. The summed E-state index contributed by atoms with van der Waals surface area (Å²) < 4.78 is 54.2. The standard InChI is InChI=1S/C16H20F4N2O4/c1-3-15(4-2,7-12(23)24)22-13(25)10-5-6-11(21-8-10)26-9-16(19,20)14(17)18/h5-6,8,14H,3-4,7,9H2,1-2H3,(H,22,25)(H,23,24). The predicted molar refractivity (Wildman–Crippen MR) is 83.7 cm³/mol. The van der Waals surface area contributed by atoms with E-state index in [0.29, 0.717) is 12.8 Å². The lowest BCUT2D eigenvalue weighted by atomic mass is 9.88. The van der Waals surface area contributed by atoms with E-state index in [1.165, 1.54) is 6.07 Å². The van der Waals surface area contributed by atoms with E-state index >= 15 is 0 Å². The molecule has 10 heteroatoms. The monoisotopic (exact) mass is 380 g/mol. The Morgan fingerprint density at radius 2 is 1.88 bits per heavy atom. The highest BCUT2D eigenvalue weighted by Gasteiger charge is 2.41. The lowest BCUT2D eigenvalue weighted by Crippen LogP contribution is -2.49. The molecule has 146 valence electrons. The van der Waals surface area contributed by atoms with Crippen molar-refractivity contribution in [3.05, 3.63) is 23.9 Å². The SMILES string of the molecule is CCC(CC)(CC(=O)O)NC(=O)c1ccc(OCC(F)(F)C(F)F)nc1. The minimum atomic E-state index is -4.31. The minimum Gasteiger partial charge on any atom is -0.481 e. The Kier molecular flexibility index (Phi) is 7.34. The number of alkyl halides is 4. The Morgan fingerprint density at radius 1 is 1.27 bits per heavy atom. The molecule has 0 saturated heterocycles. The number of rotatable bonds is 10. The summed E-state index contributed by atoms with van der Waals surface area (Å²) in [6, 6.07) is 2.31. The van der Waals surface area contributed by atoms with E-state index in [1.54, 1.807) is 13.8 Å². The summed E-state index contributed by atoms with van der Waals surface area (Å²) >= 11 is 0. The number of pyridine rings is 1. The van der Waals surface area contributed by atoms with Crippen molar-refractivity contribution in [2.24, 2.45) is 0 Å². The van der Waals surface area contributed by atoms with Crippen LogP contribution in [0.4, 0.5) is 17.6 Å². The van der Waals surface area contributed by atoms with Gasteiger partial charge in [-0.3, -0.25) is 9.59 Å². The van der Waals surface area contributed by atoms with Crippen LogP contribution in [0.5, 0.6) is 5.88 Å². The average Bonchev–Trinajstić information content (AvgIpc) is 2.59. The largest absolute Gasteiger partial charge is 0.481 e. The van der Waals surface area contributed by atoms with Gasteiger partial charge in [-0.05, 0) is 18.9 Å². The highest BCUT2D eigenvalue weighted by atomic mass is 19.3. The number of nitrogens with one attached hydrogen (secondary N) is 1. The second-order valence-corrected chi connectivity index (χ2v) is 5.75. The Labute approximate surface area is 147 Å². The van der Waals surface area contributed by atoms with Crippen LogP contribution in [-0.4, -0.2) is 46.5 Å². The number of carboxylic acid groups (broad SMARTS) is 1. The van der Waals surface area contributed by atoms with Crippen molar-refractivity contribution in [3.8, 4) is 5.88 Å². The van der Waals surface area contributed by atoms with Gasteiger partial charge in [0.15, 0.2) is 6.61 Å². The van der Waals surface area contributed by atoms with Crippen molar-refractivity contribution in [3.63, 3.8) is 0 Å².